The zero-order valence-corrected chi connectivity index (χ0v) is 16.5. The molecule has 1 fully saturated rings. The van der Waals surface area contributed by atoms with Crippen molar-refractivity contribution in [1.82, 2.24) is 9.21 Å². The van der Waals surface area contributed by atoms with Crippen LogP contribution in [-0.4, -0.2) is 62.3 Å². The molecule has 0 N–H and O–H groups in total. The van der Waals surface area contributed by atoms with Crippen LogP contribution in [0, 0.1) is 0 Å². The molecular formula is C18H26N2O5S. The van der Waals surface area contributed by atoms with Crippen molar-refractivity contribution < 1.29 is 22.7 Å². The van der Waals surface area contributed by atoms with Gasteiger partial charge in [-0.1, -0.05) is 0 Å². The zero-order chi connectivity index (χ0) is 19.5. The van der Waals surface area contributed by atoms with Crippen LogP contribution in [-0.2, 0) is 19.6 Å². The largest absolute Gasteiger partial charge is 0.452 e. The Morgan fingerprint density at radius 1 is 1.12 bits per heavy atom. The zero-order valence-electron chi connectivity index (χ0n) is 15.6. The SMILES string of the molecule is C[C@H]1CCC[C@H](C)N1C(=O)COC(=O)c1ccc(S(=O)(=O)N(C)C)cc1. The normalized spacial score (nSPS) is 20.9. The fourth-order valence-corrected chi connectivity index (χ4v) is 4.07. The Balaban J connectivity index is 1.99. The topological polar surface area (TPSA) is 84.0 Å². The summed E-state index contributed by atoms with van der Waals surface area (Å²) < 4.78 is 30.3. The van der Waals surface area contributed by atoms with E-state index in [-0.39, 0.29) is 35.1 Å². The first-order chi connectivity index (χ1) is 12.1. The van der Waals surface area contributed by atoms with Gasteiger partial charge in [-0.3, -0.25) is 4.79 Å². The number of hydrogen-bond acceptors (Lipinski definition) is 5. The summed E-state index contributed by atoms with van der Waals surface area (Å²) in [7, 11) is -0.679. The summed E-state index contributed by atoms with van der Waals surface area (Å²) in [4.78, 5) is 26.4. The molecule has 0 aromatic heterocycles. The van der Waals surface area contributed by atoms with Gasteiger partial charge in [0, 0.05) is 26.2 Å². The lowest BCUT2D eigenvalue weighted by molar-refractivity contribution is -0.140. The Hall–Kier alpha value is -1.93. The minimum absolute atomic E-state index is 0.0890. The molecule has 7 nitrogen and oxygen atoms in total. The van der Waals surface area contributed by atoms with Crippen LogP contribution in [0.2, 0.25) is 0 Å². The number of sulfonamides is 1. The molecule has 8 heteroatoms. The number of carbonyl (C=O) groups is 2. The fraction of sp³-hybridized carbons (Fsp3) is 0.556. The van der Waals surface area contributed by atoms with Gasteiger partial charge in [-0.2, -0.15) is 0 Å². The molecule has 26 heavy (non-hydrogen) atoms. The smallest absolute Gasteiger partial charge is 0.338 e. The van der Waals surface area contributed by atoms with Crippen molar-refractivity contribution in [2.75, 3.05) is 20.7 Å². The minimum atomic E-state index is -3.55. The maximum absolute atomic E-state index is 12.4. The van der Waals surface area contributed by atoms with Crippen LogP contribution in [0.1, 0.15) is 43.5 Å². The van der Waals surface area contributed by atoms with Crippen molar-refractivity contribution in [2.24, 2.45) is 0 Å². The molecule has 0 aliphatic carbocycles. The Morgan fingerprint density at radius 2 is 1.65 bits per heavy atom. The van der Waals surface area contributed by atoms with Crippen LogP contribution in [0.5, 0.6) is 0 Å². The maximum Gasteiger partial charge on any atom is 0.338 e. The highest BCUT2D eigenvalue weighted by Crippen LogP contribution is 2.22. The van der Waals surface area contributed by atoms with Crippen LogP contribution in [0.15, 0.2) is 29.2 Å². The number of nitrogens with zero attached hydrogens (tertiary/aromatic N) is 2. The first-order valence-corrected chi connectivity index (χ1v) is 10.1. The molecule has 144 valence electrons. The lowest BCUT2D eigenvalue weighted by Crippen LogP contribution is -2.49. The summed E-state index contributed by atoms with van der Waals surface area (Å²) in [6.45, 7) is 3.68. The number of benzene rings is 1. The minimum Gasteiger partial charge on any atom is -0.452 e. The van der Waals surface area contributed by atoms with E-state index in [2.05, 4.69) is 0 Å². The monoisotopic (exact) mass is 382 g/mol. The summed E-state index contributed by atoms with van der Waals surface area (Å²) >= 11 is 0. The Morgan fingerprint density at radius 3 is 2.15 bits per heavy atom. The number of piperidine rings is 1. The van der Waals surface area contributed by atoms with Crippen LogP contribution < -0.4 is 0 Å². The second-order valence-corrected chi connectivity index (χ2v) is 8.97. The van der Waals surface area contributed by atoms with E-state index in [9.17, 15) is 18.0 Å². The van der Waals surface area contributed by atoms with Gasteiger partial charge in [0.15, 0.2) is 6.61 Å². The Kier molecular flexibility index (Phi) is 6.41. The standard InChI is InChI=1S/C18H26N2O5S/c1-13-6-5-7-14(2)20(13)17(21)12-25-18(22)15-8-10-16(11-9-15)26(23,24)19(3)4/h8-11,13-14H,5-7,12H2,1-4H3/t13-,14-/m0/s1. The predicted octanol–water partition coefficient (Wildman–Crippen LogP) is 1.88. The quantitative estimate of drug-likeness (QED) is 0.726. The molecule has 1 amide bonds. The average molecular weight is 382 g/mol. The van der Waals surface area contributed by atoms with Crippen LogP contribution in [0.4, 0.5) is 0 Å². The molecule has 0 spiro atoms. The molecule has 1 aromatic carbocycles. The highest BCUT2D eigenvalue weighted by Gasteiger charge is 2.29. The van der Waals surface area contributed by atoms with E-state index in [0.29, 0.717) is 0 Å². The molecule has 2 rings (SSSR count). The third kappa shape index (κ3) is 4.42. The van der Waals surface area contributed by atoms with Gasteiger partial charge >= 0.3 is 5.97 Å². The van der Waals surface area contributed by atoms with E-state index >= 15 is 0 Å². The third-order valence-corrected chi connectivity index (χ3v) is 6.51. The molecule has 1 aliphatic heterocycles. The van der Waals surface area contributed by atoms with Gasteiger partial charge in [-0.05, 0) is 57.4 Å². The highest BCUT2D eigenvalue weighted by atomic mass is 32.2. The molecule has 0 radical (unpaired) electrons. The number of rotatable bonds is 5. The van der Waals surface area contributed by atoms with E-state index in [1.807, 2.05) is 13.8 Å². The molecule has 1 aromatic rings. The number of esters is 1. The average Bonchev–Trinajstić information content (AvgIpc) is 2.59. The summed E-state index contributed by atoms with van der Waals surface area (Å²) in [6, 6.07) is 5.75. The van der Waals surface area contributed by atoms with Crippen molar-refractivity contribution in [3.8, 4) is 0 Å². The van der Waals surface area contributed by atoms with E-state index in [4.69, 9.17) is 4.74 Å². The molecule has 2 atom stereocenters. The molecule has 1 heterocycles. The van der Waals surface area contributed by atoms with E-state index in [0.717, 1.165) is 23.6 Å². The first kappa shape index (κ1) is 20.4. The van der Waals surface area contributed by atoms with Gasteiger partial charge < -0.3 is 9.64 Å². The Bertz CT molecular complexity index is 748. The van der Waals surface area contributed by atoms with Crippen molar-refractivity contribution >= 4 is 21.9 Å². The fourth-order valence-electron chi connectivity index (χ4n) is 3.17. The summed E-state index contributed by atoms with van der Waals surface area (Å²) in [5, 5.41) is 0. The Labute approximate surface area is 155 Å². The van der Waals surface area contributed by atoms with Gasteiger partial charge in [0.05, 0.1) is 10.5 Å². The van der Waals surface area contributed by atoms with Crippen LogP contribution in [0.3, 0.4) is 0 Å². The van der Waals surface area contributed by atoms with Crippen molar-refractivity contribution in [3.63, 3.8) is 0 Å². The van der Waals surface area contributed by atoms with E-state index in [1.165, 1.54) is 38.4 Å². The molecule has 1 saturated heterocycles. The molecule has 0 bridgehead atoms. The second kappa shape index (κ2) is 8.18. The van der Waals surface area contributed by atoms with Gasteiger partial charge in [-0.25, -0.2) is 17.5 Å². The number of likely N-dealkylation sites (tertiary alicyclic amines) is 1. The van der Waals surface area contributed by atoms with Gasteiger partial charge in [0.2, 0.25) is 10.0 Å². The van der Waals surface area contributed by atoms with Crippen molar-refractivity contribution in [3.05, 3.63) is 29.8 Å². The van der Waals surface area contributed by atoms with Crippen molar-refractivity contribution in [1.29, 1.82) is 0 Å². The van der Waals surface area contributed by atoms with E-state index < -0.39 is 16.0 Å². The molecule has 1 aliphatic rings. The summed E-state index contributed by atoms with van der Waals surface area (Å²) in [5.41, 5.74) is 0.204. The van der Waals surface area contributed by atoms with Crippen LogP contribution in [0.25, 0.3) is 0 Å². The number of carbonyl (C=O) groups excluding carboxylic acids is 2. The van der Waals surface area contributed by atoms with Gasteiger partial charge in [-0.15, -0.1) is 0 Å². The first-order valence-electron chi connectivity index (χ1n) is 8.65. The van der Waals surface area contributed by atoms with E-state index in [1.54, 1.807) is 4.90 Å². The lowest BCUT2D eigenvalue weighted by Gasteiger charge is -2.38. The molecule has 0 saturated carbocycles. The van der Waals surface area contributed by atoms with Gasteiger partial charge in [0.25, 0.3) is 5.91 Å². The van der Waals surface area contributed by atoms with Crippen molar-refractivity contribution in [2.45, 2.75) is 50.1 Å². The lowest BCUT2D eigenvalue weighted by atomic mass is 9.97. The number of amides is 1. The molecular weight excluding hydrogens is 356 g/mol. The maximum atomic E-state index is 12.4. The third-order valence-electron chi connectivity index (χ3n) is 4.68. The highest BCUT2D eigenvalue weighted by molar-refractivity contribution is 7.89. The number of hydrogen-bond donors (Lipinski definition) is 0. The summed E-state index contributed by atoms with van der Waals surface area (Å²) in [5.74, 6) is -0.852. The predicted molar refractivity (Wildman–Crippen MR) is 97.2 cm³/mol. The summed E-state index contributed by atoms with van der Waals surface area (Å²) in [6.07, 6.45) is 2.99. The van der Waals surface area contributed by atoms with Crippen LogP contribution >= 0.6 is 0 Å². The van der Waals surface area contributed by atoms with Gasteiger partial charge in [0.1, 0.15) is 0 Å². The number of ether oxygens (including phenoxy) is 1. The molecule has 0 unspecified atom stereocenters. The second-order valence-electron chi connectivity index (χ2n) is 6.82.